The van der Waals surface area contributed by atoms with Crippen molar-refractivity contribution in [3.05, 3.63) is 35.4 Å². The fourth-order valence-electron chi connectivity index (χ4n) is 1.61. The Bertz CT molecular complexity index is 495. The maximum Gasteiger partial charge on any atom is 0.405 e. The molecule has 0 amide bonds. The minimum atomic E-state index is -4.26. The van der Waals surface area contributed by atoms with Crippen molar-refractivity contribution in [2.75, 3.05) is 18.5 Å². The Morgan fingerprint density at radius 1 is 1.42 bits per heavy atom. The summed E-state index contributed by atoms with van der Waals surface area (Å²) in [5.74, 6) is -1.07. The second kappa shape index (κ2) is 5.77. The first-order valence-corrected chi connectivity index (χ1v) is 5.48. The Morgan fingerprint density at radius 2 is 2.05 bits per heavy atom. The number of benzene rings is 1. The molecule has 6 heteroatoms. The van der Waals surface area contributed by atoms with E-state index < -0.39 is 18.7 Å². The van der Waals surface area contributed by atoms with Crippen molar-refractivity contribution in [2.24, 2.45) is 0 Å². The van der Waals surface area contributed by atoms with E-state index in [0.29, 0.717) is 16.8 Å². The third-order valence-electron chi connectivity index (χ3n) is 2.52. The normalized spacial score (nSPS) is 11.8. The number of aryl methyl sites for hydroxylation is 1. The molecule has 0 aliphatic heterocycles. The lowest BCUT2D eigenvalue weighted by Crippen LogP contribution is -2.30. The number of carboxylic acids is 1. The fourth-order valence-corrected chi connectivity index (χ4v) is 1.61. The number of hydrogen-bond acceptors (Lipinski definition) is 2. The van der Waals surface area contributed by atoms with Crippen LogP contribution in [0.1, 0.15) is 11.1 Å². The number of hydrogen-bond donors (Lipinski definition) is 1. The first-order valence-electron chi connectivity index (χ1n) is 5.48. The van der Waals surface area contributed by atoms with E-state index in [1.54, 1.807) is 19.1 Å². The van der Waals surface area contributed by atoms with Crippen LogP contribution in [0.2, 0.25) is 0 Å². The van der Waals surface area contributed by atoms with Crippen molar-refractivity contribution in [1.29, 1.82) is 0 Å². The van der Waals surface area contributed by atoms with Crippen molar-refractivity contribution in [1.82, 2.24) is 0 Å². The number of alkyl halides is 3. The molecule has 0 atom stereocenters. The zero-order valence-corrected chi connectivity index (χ0v) is 10.5. The standard InChI is InChI=1S/C13H14F3NO2/c1-9-7-11(17(2)8-13(14,15)16)5-3-10(9)4-6-12(18)19/h3-7H,8H2,1-2H3,(H,18,19). The molecule has 0 bridgehead atoms. The Labute approximate surface area is 109 Å². The molecule has 1 aromatic carbocycles. The van der Waals surface area contributed by atoms with E-state index in [4.69, 9.17) is 5.11 Å². The summed E-state index contributed by atoms with van der Waals surface area (Å²) in [4.78, 5) is 11.5. The number of anilines is 1. The Hall–Kier alpha value is -1.98. The van der Waals surface area contributed by atoms with Crippen LogP contribution in [-0.2, 0) is 4.79 Å². The fraction of sp³-hybridized carbons (Fsp3) is 0.308. The molecule has 0 fully saturated rings. The van der Waals surface area contributed by atoms with Crippen LogP contribution in [0.4, 0.5) is 18.9 Å². The molecular weight excluding hydrogens is 259 g/mol. The average molecular weight is 273 g/mol. The minimum absolute atomic E-state index is 0.433. The zero-order valence-electron chi connectivity index (χ0n) is 10.5. The van der Waals surface area contributed by atoms with Gasteiger partial charge in [-0.3, -0.25) is 0 Å². The zero-order chi connectivity index (χ0) is 14.6. The summed E-state index contributed by atoms with van der Waals surface area (Å²) in [5, 5.41) is 8.52. The Balaban J connectivity index is 2.90. The van der Waals surface area contributed by atoms with Gasteiger partial charge < -0.3 is 10.0 Å². The first kappa shape index (κ1) is 15.1. The molecule has 1 aromatic rings. The van der Waals surface area contributed by atoms with Crippen LogP contribution in [0.15, 0.2) is 24.3 Å². The van der Waals surface area contributed by atoms with Crippen LogP contribution < -0.4 is 4.90 Å². The summed E-state index contributed by atoms with van der Waals surface area (Å²) in [6.45, 7) is 0.684. The monoisotopic (exact) mass is 273 g/mol. The predicted octanol–water partition coefficient (Wildman–Crippen LogP) is 3.09. The van der Waals surface area contributed by atoms with Gasteiger partial charge >= 0.3 is 12.1 Å². The number of aliphatic carboxylic acids is 1. The molecule has 0 saturated carbocycles. The molecule has 0 aromatic heterocycles. The molecular formula is C13H14F3NO2. The smallest absolute Gasteiger partial charge is 0.405 e. The van der Waals surface area contributed by atoms with Crippen LogP contribution in [0.25, 0.3) is 6.08 Å². The molecule has 3 nitrogen and oxygen atoms in total. The maximum absolute atomic E-state index is 12.3. The summed E-state index contributed by atoms with van der Waals surface area (Å²) in [7, 11) is 1.36. The average Bonchev–Trinajstić information content (AvgIpc) is 2.24. The van der Waals surface area contributed by atoms with Gasteiger partial charge in [0.25, 0.3) is 0 Å². The molecule has 104 valence electrons. The number of carbonyl (C=O) groups is 1. The second-order valence-electron chi connectivity index (χ2n) is 4.18. The lowest BCUT2D eigenvalue weighted by molar-refractivity contribution is -0.131. The van der Waals surface area contributed by atoms with Gasteiger partial charge in [-0.15, -0.1) is 0 Å². The van der Waals surface area contributed by atoms with E-state index in [1.165, 1.54) is 19.2 Å². The van der Waals surface area contributed by atoms with Crippen molar-refractivity contribution in [3.63, 3.8) is 0 Å². The third-order valence-corrected chi connectivity index (χ3v) is 2.52. The molecule has 0 unspecified atom stereocenters. The van der Waals surface area contributed by atoms with Gasteiger partial charge in [0.1, 0.15) is 6.54 Å². The molecule has 0 saturated heterocycles. The van der Waals surface area contributed by atoms with E-state index in [0.717, 1.165) is 11.0 Å². The molecule has 0 heterocycles. The summed E-state index contributed by atoms with van der Waals surface area (Å²) < 4.78 is 36.8. The van der Waals surface area contributed by atoms with Crippen molar-refractivity contribution in [3.8, 4) is 0 Å². The first-order chi connectivity index (χ1) is 8.69. The molecule has 0 aliphatic rings. The lowest BCUT2D eigenvalue weighted by Gasteiger charge is -2.21. The van der Waals surface area contributed by atoms with Gasteiger partial charge in [0.15, 0.2) is 0 Å². The summed E-state index contributed by atoms with van der Waals surface area (Å²) in [6, 6.07) is 4.71. The van der Waals surface area contributed by atoms with Gasteiger partial charge in [-0.05, 0) is 36.3 Å². The highest BCUT2D eigenvalue weighted by Gasteiger charge is 2.29. The highest BCUT2D eigenvalue weighted by atomic mass is 19.4. The summed E-state index contributed by atoms with van der Waals surface area (Å²) in [6.07, 6.45) is -1.86. The van der Waals surface area contributed by atoms with Crippen LogP contribution in [-0.4, -0.2) is 30.8 Å². The maximum atomic E-state index is 12.3. The van der Waals surface area contributed by atoms with E-state index in [1.807, 2.05) is 0 Å². The highest BCUT2D eigenvalue weighted by Crippen LogP contribution is 2.23. The van der Waals surface area contributed by atoms with E-state index in [-0.39, 0.29) is 0 Å². The van der Waals surface area contributed by atoms with Gasteiger partial charge in [-0.1, -0.05) is 6.07 Å². The van der Waals surface area contributed by atoms with E-state index >= 15 is 0 Å². The van der Waals surface area contributed by atoms with E-state index in [2.05, 4.69) is 0 Å². The largest absolute Gasteiger partial charge is 0.478 e. The second-order valence-corrected chi connectivity index (χ2v) is 4.18. The Kier molecular flexibility index (Phi) is 4.58. The van der Waals surface area contributed by atoms with Crippen molar-refractivity contribution < 1.29 is 23.1 Å². The number of nitrogens with zero attached hydrogens (tertiary/aromatic N) is 1. The van der Waals surface area contributed by atoms with Gasteiger partial charge in [-0.25, -0.2) is 4.79 Å². The number of carboxylic acid groups (broad SMARTS) is 1. The molecule has 0 aliphatic carbocycles. The van der Waals surface area contributed by atoms with Crippen molar-refractivity contribution in [2.45, 2.75) is 13.1 Å². The van der Waals surface area contributed by atoms with Gasteiger partial charge in [0.2, 0.25) is 0 Å². The number of halogens is 3. The Morgan fingerprint density at radius 3 is 2.53 bits per heavy atom. The molecule has 0 spiro atoms. The SMILES string of the molecule is Cc1cc(N(C)CC(F)(F)F)ccc1C=CC(=O)O. The topological polar surface area (TPSA) is 40.5 Å². The van der Waals surface area contributed by atoms with Gasteiger partial charge in [0, 0.05) is 18.8 Å². The summed E-state index contributed by atoms with van der Waals surface area (Å²) >= 11 is 0. The molecule has 1 rings (SSSR count). The minimum Gasteiger partial charge on any atom is -0.478 e. The van der Waals surface area contributed by atoms with E-state index in [9.17, 15) is 18.0 Å². The molecule has 19 heavy (non-hydrogen) atoms. The van der Waals surface area contributed by atoms with Gasteiger partial charge in [0.05, 0.1) is 0 Å². The third kappa shape index (κ3) is 5.03. The van der Waals surface area contributed by atoms with Crippen LogP contribution in [0.5, 0.6) is 0 Å². The molecule has 0 radical (unpaired) electrons. The van der Waals surface area contributed by atoms with Crippen molar-refractivity contribution >= 4 is 17.7 Å². The summed E-state index contributed by atoms with van der Waals surface area (Å²) in [5.41, 5.74) is 1.80. The van der Waals surface area contributed by atoms with Crippen LogP contribution >= 0.6 is 0 Å². The number of rotatable bonds is 4. The van der Waals surface area contributed by atoms with Crippen LogP contribution in [0.3, 0.4) is 0 Å². The quantitative estimate of drug-likeness (QED) is 0.857. The van der Waals surface area contributed by atoms with Gasteiger partial charge in [-0.2, -0.15) is 13.2 Å². The highest BCUT2D eigenvalue weighted by molar-refractivity contribution is 5.85. The van der Waals surface area contributed by atoms with Crippen LogP contribution in [0, 0.1) is 6.92 Å². The molecule has 1 N–H and O–H groups in total. The lowest BCUT2D eigenvalue weighted by atomic mass is 10.1. The predicted molar refractivity (Wildman–Crippen MR) is 67.2 cm³/mol.